The van der Waals surface area contributed by atoms with Gasteiger partial charge in [-0.1, -0.05) is 6.07 Å². The number of pyridine rings is 1. The number of benzene rings is 1. The smallest absolute Gasteiger partial charge is 0.278 e. The lowest BCUT2D eigenvalue weighted by Crippen LogP contribution is -2.45. The van der Waals surface area contributed by atoms with E-state index in [0.717, 1.165) is 28.0 Å². The number of likely N-dealkylation sites (tertiary alicyclic amines) is 1. The lowest BCUT2D eigenvalue weighted by molar-refractivity contribution is 0.0676. The van der Waals surface area contributed by atoms with Gasteiger partial charge in [-0.05, 0) is 43.0 Å². The highest BCUT2D eigenvalue weighted by Gasteiger charge is 2.26. The number of hydrogen-bond donors (Lipinski definition) is 1. The molecule has 0 aliphatic carbocycles. The molecule has 7 nitrogen and oxygen atoms in total. The summed E-state index contributed by atoms with van der Waals surface area (Å²) in [5.41, 5.74) is 1.50. The van der Waals surface area contributed by atoms with Gasteiger partial charge in [-0.15, -0.1) is 0 Å². The Balaban J connectivity index is 1.67. The SMILES string of the molecule is CN(C)S(=O)(=O)NC[C@H]1CCCN(C(=O)c2ccc3ncccc3c2)C1. The largest absolute Gasteiger partial charge is 0.338 e. The van der Waals surface area contributed by atoms with E-state index >= 15 is 0 Å². The number of hydrogen-bond acceptors (Lipinski definition) is 4. The molecule has 1 saturated heterocycles. The molecule has 1 N–H and O–H groups in total. The van der Waals surface area contributed by atoms with Crippen molar-refractivity contribution in [3.05, 3.63) is 42.1 Å². The molecule has 26 heavy (non-hydrogen) atoms. The summed E-state index contributed by atoms with van der Waals surface area (Å²) in [5, 5.41) is 0.936. The Morgan fingerprint density at radius 1 is 1.35 bits per heavy atom. The molecule has 1 aromatic heterocycles. The molecule has 2 aromatic rings. The van der Waals surface area contributed by atoms with Crippen LogP contribution in [0.2, 0.25) is 0 Å². The lowest BCUT2D eigenvalue weighted by Gasteiger charge is -2.33. The maximum atomic E-state index is 12.9. The van der Waals surface area contributed by atoms with E-state index in [9.17, 15) is 13.2 Å². The summed E-state index contributed by atoms with van der Waals surface area (Å²) in [6.45, 7) is 1.59. The molecule has 140 valence electrons. The fraction of sp³-hybridized carbons (Fsp3) is 0.444. The first-order chi connectivity index (χ1) is 12.4. The van der Waals surface area contributed by atoms with Crippen LogP contribution in [-0.4, -0.2) is 62.2 Å². The van der Waals surface area contributed by atoms with Crippen molar-refractivity contribution in [1.29, 1.82) is 0 Å². The van der Waals surface area contributed by atoms with Gasteiger partial charge in [0.05, 0.1) is 5.52 Å². The molecular formula is C18H24N4O3S. The first-order valence-corrected chi connectivity index (χ1v) is 10.1. The van der Waals surface area contributed by atoms with Crippen molar-refractivity contribution in [3.63, 3.8) is 0 Å². The highest BCUT2D eigenvalue weighted by Crippen LogP contribution is 2.20. The Hall–Kier alpha value is -2.03. The van der Waals surface area contributed by atoms with Gasteiger partial charge < -0.3 is 4.90 Å². The van der Waals surface area contributed by atoms with Crippen LogP contribution in [0.25, 0.3) is 10.9 Å². The number of nitrogens with one attached hydrogen (secondary N) is 1. The second-order valence-electron chi connectivity index (χ2n) is 6.81. The number of piperidine rings is 1. The molecule has 1 atom stereocenters. The van der Waals surface area contributed by atoms with Crippen LogP contribution in [0.1, 0.15) is 23.2 Å². The fourth-order valence-corrected chi connectivity index (χ4v) is 3.86. The summed E-state index contributed by atoms with van der Waals surface area (Å²) >= 11 is 0. The minimum Gasteiger partial charge on any atom is -0.338 e. The zero-order valence-electron chi connectivity index (χ0n) is 15.1. The lowest BCUT2D eigenvalue weighted by atomic mass is 9.97. The summed E-state index contributed by atoms with van der Waals surface area (Å²) < 4.78 is 27.5. The molecule has 3 rings (SSSR count). The van der Waals surface area contributed by atoms with Crippen molar-refractivity contribution in [1.82, 2.24) is 18.9 Å². The van der Waals surface area contributed by atoms with Crippen molar-refractivity contribution in [2.75, 3.05) is 33.7 Å². The van der Waals surface area contributed by atoms with Gasteiger partial charge in [-0.25, -0.2) is 4.72 Å². The average molecular weight is 376 g/mol. The molecule has 1 fully saturated rings. The Kier molecular flexibility index (Phi) is 5.55. The van der Waals surface area contributed by atoms with Crippen LogP contribution in [0.4, 0.5) is 0 Å². The van der Waals surface area contributed by atoms with Crippen LogP contribution >= 0.6 is 0 Å². The Morgan fingerprint density at radius 2 is 2.15 bits per heavy atom. The average Bonchev–Trinajstić information content (AvgIpc) is 2.65. The van der Waals surface area contributed by atoms with E-state index in [4.69, 9.17) is 0 Å². The maximum Gasteiger partial charge on any atom is 0.278 e. The summed E-state index contributed by atoms with van der Waals surface area (Å²) in [4.78, 5) is 18.9. The molecule has 8 heteroatoms. The first kappa shape index (κ1) is 18.8. The molecule has 1 amide bonds. The van der Waals surface area contributed by atoms with Gasteiger partial charge in [0.2, 0.25) is 0 Å². The van der Waals surface area contributed by atoms with Crippen molar-refractivity contribution in [3.8, 4) is 0 Å². The third kappa shape index (κ3) is 4.20. The van der Waals surface area contributed by atoms with Gasteiger partial charge in [0, 0.05) is 50.9 Å². The second kappa shape index (κ2) is 7.69. The van der Waals surface area contributed by atoms with Crippen molar-refractivity contribution < 1.29 is 13.2 Å². The molecular weight excluding hydrogens is 352 g/mol. The Bertz CT molecular complexity index is 898. The van der Waals surface area contributed by atoms with Gasteiger partial charge in [0.1, 0.15) is 0 Å². The molecule has 1 aliphatic rings. The van der Waals surface area contributed by atoms with Crippen molar-refractivity contribution >= 4 is 27.0 Å². The van der Waals surface area contributed by atoms with Crippen LogP contribution in [-0.2, 0) is 10.2 Å². The summed E-state index contributed by atoms with van der Waals surface area (Å²) in [6, 6.07) is 9.31. The number of rotatable bonds is 5. The molecule has 1 aliphatic heterocycles. The zero-order chi connectivity index (χ0) is 18.7. The van der Waals surface area contributed by atoms with E-state index in [2.05, 4.69) is 9.71 Å². The third-order valence-corrected chi connectivity index (χ3v) is 6.18. The summed E-state index contributed by atoms with van der Waals surface area (Å²) in [6.07, 6.45) is 3.50. The molecule has 0 radical (unpaired) electrons. The Morgan fingerprint density at radius 3 is 2.92 bits per heavy atom. The molecule has 0 spiro atoms. The second-order valence-corrected chi connectivity index (χ2v) is 8.78. The minimum atomic E-state index is -3.44. The molecule has 0 saturated carbocycles. The zero-order valence-corrected chi connectivity index (χ0v) is 15.9. The topological polar surface area (TPSA) is 82.6 Å². The van der Waals surface area contributed by atoms with E-state index < -0.39 is 10.2 Å². The van der Waals surface area contributed by atoms with E-state index in [-0.39, 0.29) is 11.8 Å². The van der Waals surface area contributed by atoms with Crippen LogP contribution in [0.3, 0.4) is 0 Å². The van der Waals surface area contributed by atoms with E-state index in [1.54, 1.807) is 12.3 Å². The van der Waals surface area contributed by atoms with Crippen molar-refractivity contribution in [2.45, 2.75) is 12.8 Å². The predicted molar refractivity (Wildman–Crippen MR) is 101 cm³/mol. The third-order valence-electron chi connectivity index (χ3n) is 4.69. The van der Waals surface area contributed by atoms with Gasteiger partial charge >= 0.3 is 0 Å². The maximum absolute atomic E-state index is 12.9. The van der Waals surface area contributed by atoms with Crippen LogP contribution in [0.15, 0.2) is 36.5 Å². The Labute approximate surface area is 154 Å². The number of aromatic nitrogens is 1. The van der Waals surface area contributed by atoms with E-state index in [1.807, 2.05) is 29.2 Å². The number of nitrogens with zero attached hydrogens (tertiary/aromatic N) is 3. The summed E-state index contributed by atoms with van der Waals surface area (Å²) in [7, 11) is -0.452. The van der Waals surface area contributed by atoms with Crippen LogP contribution in [0, 0.1) is 5.92 Å². The van der Waals surface area contributed by atoms with Crippen molar-refractivity contribution in [2.24, 2.45) is 5.92 Å². The van der Waals surface area contributed by atoms with Crippen LogP contribution < -0.4 is 4.72 Å². The predicted octanol–water partition coefficient (Wildman–Crippen LogP) is 1.48. The quantitative estimate of drug-likeness (QED) is 0.857. The van der Waals surface area contributed by atoms with Crippen LogP contribution in [0.5, 0.6) is 0 Å². The fourth-order valence-electron chi connectivity index (χ4n) is 3.16. The van der Waals surface area contributed by atoms with E-state index in [0.29, 0.717) is 25.2 Å². The highest BCUT2D eigenvalue weighted by molar-refractivity contribution is 7.87. The minimum absolute atomic E-state index is 0.0177. The number of carbonyl (C=O) groups excluding carboxylic acids is 1. The molecule has 0 bridgehead atoms. The standard InChI is InChI=1S/C18H24N4O3S/c1-21(2)26(24,25)20-12-14-5-4-10-22(13-14)18(23)16-7-8-17-15(11-16)6-3-9-19-17/h3,6-9,11,14,20H,4-5,10,12-13H2,1-2H3/t14-/m1/s1. The molecule has 2 heterocycles. The van der Waals surface area contributed by atoms with Gasteiger partial charge in [0.25, 0.3) is 16.1 Å². The van der Waals surface area contributed by atoms with Gasteiger partial charge in [-0.2, -0.15) is 12.7 Å². The monoisotopic (exact) mass is 376 g/mol. The molecule has 1 aromatic carbocycles. The number of fused-ring (bicyclic) bond motifs is 1. The summed E-state index contributed by atoms with van der Waals surface area (Å²) in [5.74, 6) is 0.0977. The van der Waals surface area contributed by atoms with Gasteiger partial charge in [-0.3, -0.25) is 9.78 Å². The normalized spacial score (nSPS) is 18.4. The van der Waals surface area contributed by atoms with Gasteiger partial charge in [0.15, 0.2) is 0 Å². The van der Waals surface area contributed by atoms with E-state index in [1.165, 1.54) is 14.1 Å². The number of amides is 1. The molecule has 0 unspecified atom stereocenters. The number of carbonyl (C=O) groups is 1. The highest BCUT2D eigenvalue weighted by atomic mass is 32.2. The first-order valence-electron chi connectivity index (χ1n) is 8.68.